The van der Waals surface area contributed by atoms with Crippen molar-refractivity contribution in [2.24, 2.45) is 0 Å². The van der Waals surface area contributed by atoms with Crippen LogP contribution in [-0.4, -0.2) is 25.8 Å². The Labute approximate surface area is 137 Å². The van der Waals surface area contributed by atoms with Crippen LogP contribution in [0, 0.1) is 10.1 Å². The van der Waals surface area contributed by atoms with Crippen molar-refractivity contribution in [1.82, 2.24) is 0 Å². The van der Waals surface area contributed by atoms with Gasteiger partial charge in [0.2, 0.25) is 0 Å². The van der Waals surface area contributed by atoms with Gasteiger partial charge in [-0.3, -0.25) is 0 Å². The molecule has 0 aliphatic heterocycles. The first-order valence-corrected chi connectivity index (χ1v) is 9.28. The van der Waals surface area contributed by atoms with Gasteiger partial charge in [-0.1, -0.05) is 0 Å². The van der Waals surface area contributed by atoms with Crippen LogP contribution < -0.4 is 4.35 Å². The Morgan fingerprint density at radius 2 is 1.91 bits per heavy atom. The number of phenols is 1. The van der Waals surface area contributed by atoms with Gasteiger partial charge in [0.1, 0.15) is 0 Å². The summed E-state index contributed by atoms with van der Waals surface area (Å²) in [6.07, 6.45) is 0. The Bertz CT molecular complexity index is 693. The predicted molar refractivity (Wildman–Crippen MR) is 89.0 cm³/mol. The number of non-ortho nitro benzene ring substituents is 1. The molecule has 2 aromatic carbocycles. The van der Waals surface area contributed by atoms with Gasteiger partial charge in [0, 0.05) is 0 Å². The van der Waals surface area contributed by atoms with Gasteiger partial charge in [0.15, 0.2) is 0 Å². The number of hydrogen-bond donors (Lipinski definition) is 1. The SMILES string of the molecule is CC(C)(C)c1ccc(O)c([As]Cc2cccc([N+](=O)[O-])c2)c1. The second-order valence-electron chi connectivity index (χ2n) is 6.20. The fraction of sp³-hybridized carbons (Fsp3) is 0.294. The minimum absolute atomic E-state index is 0.0368. The Kier molecular flexibility index (Phi) is 4.92. The molecule has 22 heavy (non-hydrogen) atoms. The second kappa shape index (κ2) is 6.53. The van der Waals surface area contributed by atoms with Crippen molar-refractivity contribution >= 4 is 25.8 Å². The van der Waals surface area contributed by atoms with Crippen molar-refractivity contribution in [3.63, 3.8) is 0 Å². The van der Waals surface area contributed by atoms with Crippen molar-refractivity contribution in [2.45, 2.75) is 31.4 Å². The summed E-state index contributed by atoms with van der Waals surface area (Å²) >= 11 is -0.282. The first-order valence-electron chi connectivity index (χ1n) is 7.02. The number of nitro groups is 1. The van der Waals surface area contributed by atoms with Crippen LogP contribution in [0.25, 0.3) is 0 Å². The van der Waals surface area contributed by atoms with Gasteiger partial charge in [0.25, 0.3) is 0 Å². The van der Waals surface area contributed by atoms with Crippen molar-refractivity contribution in [2.75, 3.05) is 0 Å². The Hall–Kier alpha value is -1.80. The standard InChI is InChI=1S/C17H19AsNO3/c1-17(2,3)13-7-8-16(20)15(10-13)18-11-12-5-4-6-14(9-12)19(21)22/h4-10,20H,11H2,1-3H3. The van der Waals surface area contributed by atoms with E-state index in [1.54, 1.807) is 18.2 Å². The molecule has 0 unspecified atom stereocenters. The van der Waals surface area contributed by atoms with E-state index in [-0.39, 0.29) is 31.8 Å². The van der Waals surface area contributed by atoms with E-state index in [2.05, 4.69) is 26.8 Å². The number of hydrogen-bond acceptors (Lipinski definition) is 3. The van der Waals surface area contributed by atoms with Crippen LogP contribution in [0.1, 0.15) is 31.9 Å². The van der Waals surface area contributed by atoms with E-state index < -0.39 is 0 Å². The quantitative estimate of drug-likeness (QED) is 0.518. The summed E-state index contributed by atoms with van der Waals surface area (Å²) in [7, 11) is 0. The van der Waals surface area contributed by atoms with Crippen molar-refractivity contribution in [1.29, 1.82) is 0 Å². The topological polar surface area (TPSA) is 63.4 Å². The molecule has 0 spiro atoms. The number of rotatable bonds is 4. The van der Waals surface area contributed by atoms with Crippen LogP contribution in [0.5, 0.6) is 5.75 Å². The van der Waals surface area contributed by atoms with Gasteiger partial charge in [0.05, 0.1) is 0 Å². The third-order valence-electron chi connectivity index (χ3n) is 3.39. The fourth-order valence-electron chi connectivity index (χ4n) is 2.06. The molecule has 0 fully saturated rings. The normalized spacial score (nSPS) is 12.0. The first-order chi connectivity index (χ1) is 10.3. The molecule has 1 radical (unpaired) electrons. The van der Waals surface area contributed by atoms with Crippen LogP contribution in [-0.2, 0) is 10.6 Å². The molecule has 2 aromatic rings. The molecule has 115 valence electrons. The summed E-state index contributed by atoms with van der Waals surface area (Å²) in [6.45, 7) is 6.42. The average Bonchev–Trinajstić information content (AvgIpc) is 2.45. The fourth-order valence-corrected chi connectivity index (χ4v) is 4.19. The molecule has 0 amide bonds. The van der Waals surface area contributed by atoms with Crippen LogP contribution in [0.2, 0.25) is 0 Å². The van der Waals surface area contributed by atoms with E-state index in [0.717, 1.165) is 15.1 Å². The van der Waals surface area contributed by atoms with Crippen LogP contribution >= 0.6 is 0 Å². The number of nitrogens with zero attached hydrogens (tertiary/aromatic N) is 1. The second-order valence-corrected chi connectivity index (χ2v) is 8.53. The number of phenolic OH excluding ortho intramolecular Hbond substituents is 1. The van der Waals surface area contributed by atoms with E-state index in [0.29, 0.717) is 5.75 Å². The number of benzene rings is 2. The molecule has 5 heteroatoms. The summed E-state index contributed by atoms with van der Waals surface area (Å²) in [6, 6.07) is 12.5. The molecule has 0 saturated carbocycles. The molecule has 1 N–H and O–H groups in total. The van der Waals surface area contributed by atoms with Crippen molar-refractivity contribution in [3.8, 4) is 5.75 Å². The molecule has 0 aliphatic rings. The van der Waals surface area contributed by atoms with Gasteiger partial charge in [-0.15, -0.1) is 0 Å². The monoisotopic (exact) mass is 360 g/mol. The molecule has 0 heterocycles. The molecule has 0 aliphatic carbocycles. The van der Waals surface area contributed by atoms with E-state index >= 15 is 0 Å². The summed E-state index contributed by atoms with van der Waals surface area (Å²) in [5.41, 5.74) is 2.28. The Balaban J connectivity index is 2.18. The molecule has 2 rings (SSSR count). The van der Waals surface area contributed by atoms with Crippen LogP contribution in [0.15, 0.2) is 42.5 Å². The van der Waals surface area contributed by atoms with Crippen molar-refractivity contribution < 1.29 is 10.0 Å². The molecule has 0 saturated heterocycles. The minimum atomic E-state index is -0.377. The number of aromatic hydroxyl groups is 1. The van der Waals surface area contributed by atoms with E-state index in [1.165, 1.54) is 11.6 Å². The Morgan fingerprint density at radius 1 is 1.18 bits per heavy atom. The van der Waals surface area contributed by atoms with Crippen LogP contribution in [0.3, 0.4) is 0 Å². The van der Waals surface area contributed by atoms with Crippen molar-refractivity contribution in [3.05, 3.63) is 63.7 Å². The van der Waals surface area contributed by atoms with Gasteiger partial charge in [-0.25, -0.2) is 0 Å². The molecule has 4 nitrogen and oxygen atoms in total. The zero-order chi connectivity index (χ0) is 16.3. The number of nitro benzene ring substituents is 1. The molecule has 0 atom stereocenters. The van der Waals surface area contributed by atoms with E-state index in [9.17, 15) is 15.2 Å². The maximum absolute atomic E-state index is 10.8. The van der Waals surface area contributed by atoms with E-state index in [1.807, 2.05) is 12.1 Å². The molecular weight excluding hydrogens is 341 g/mol. The average molecular weight is 360 g/mol. The summed E-state index contributed by atoms with van der Waals surface area (Å²) < 4.78 is 0.968. The summed E-state index contributed by atoms with van der Waals surface area (Å²) in [4.78, 5) is 10.4. The first kappa shape index (κ1) is 16.6. The summed E-state index contributed by atoms with van der Waals surface area (Å²) in [5.74, 6) is 0.318. The third kappa shape index (κ3) is 4.11. The zero-order valence-corrected chi connectivity index (χ0v) is 14.8. The van der Waals surface area contributed by atoms with Gasteiger partial charge in [-0.05, 0) is 0 Å². The van der Waals surface area contributed by atoms with Gasteiger partial charge >= 0.3 is 137 Å². The Morgan fingerprint density at radius 3 is 2.55 bits per heavy atom. The summed E-state index contributed by atoms with van der Waals surface area (Å²) in [5, 5.41) is 21.6. The zero-order valence-electron chi connectivity index (χ0n) is 12.9. The third-order valence-corrected chi connectivity index (χ3v) is 5.96. The maximum atomic E-state index is 10.8. The van der Waals surface area contributed by atoms with E-state index in [4.69, 9.17) is 0 Å². The van der Waals surface area contributed by atoms with Crippen LogP contribution in [0.4, 0.5) is 5.69 Å². The molecule has 0 bridgehead atoms. The predicted octanol–water partition coefficient (Wildman–Crippen LogP) is 3.13. The molecular formula is C17H19AsNO3. The van der Waals surface area contributed by atoms with Gasteiger partial charge in [-0.2, -0.15) is 0 Å². The van der Waals surface area contributed by atoms with Gasteiger partial charge < -0.3 is 0 Å². The molecule has 0 aromatic heterocycles.